The third kappa shape index (κ3) is 2.51. The molecule has 7 rings (SSSR count). The highest BCUT2D eigenvalue weighted by Crippen LogP contribution is 2.38. The topological polar surface area (TPSA) is 33.6 Å². The molecule has 0 unspecified atom stereocenters. The third-order valence-corrected chi connectivity index (χ3v) is 6.75. The molecular formula is C31H19N3. The molecule has 0 saturated heterocycles. The predicted molar refractivity (Wildman–Crippen MR) is 140 cm³/mol. The van der Waals surface area contributed by atoms with E-state index in [0.717, 1.165) is 33.4 Å². The number of aromatic nitrogens is 2. The Bertz CT molecular complexity index is 1820. The summed E-state index contributed by atoms with van der Waals surface area (Å²) in [6.07, 6.45) is 0. The van der Waals surface area contributed by atoms with Gasteiger partial charge in [-0.05, 0) is 42.5 Å². The minimum atomic E-state index is 0.640. The Kier molecular flexibility index (Phi) is 3.91. The van der Waals surface area contributed by atoms with Crippen LogP contribution in [0.25, 0.3) is 55.0 Å². The summed E-state index contributed by atoms with van der Waals surface area (Å²) >= 11 is 0. The van der Waals surface area contributed by atoms with Gasteiger partial charge in [-0.15, -0.1) is 0 Å². The van der Waals surface area contributed by atoms with Gasteiger partial charge in [-0.25, -0.2) is 0 Å². The van der Waals surface area contributed by atoms with Crippen molar-refractivity contribution in [1.82, 2.24) is 9.13 Å². The molecule has 3 nitrogen and oxygen atoms in total. The summed E-state index contributed by atoms with van der Waals surface area (Å²) in [5.74, 6) is 0. The van der Waals surface area contributed by atoms with E-state index in [0.29, 0.717) is 5.56 Å². The predicted octanol–water partition coefficient (Wildman–Crippen LogP) is 7.75. The molecule has 0 fully saturated rings. The van der Waals surface area contributed by atoms with Gasteiger partial charge in [0.1, 0.15) is 0 Å². The van der Waals surface area contributed by atoms with Crippen molar-refractivity contribution in [1.29, 1.82) is 5.26 Å². The number of benzene rings is 5. The number of hydrogen-bond donors (Lipinski definition) is 0. The molecule has 34 heavy (non-hydrogen) atoms. The molecule has 2 aromatic heterocycles. The molecule has 0 aliphatic heterocycles. The van der Waals surface area contributed by atoms with E-state index in [1.807, 2.05) is 12.1 Å². The first kappa shape index (κ1) is 18.7. The van der Waals surface area contributed by atoms with Gasteiger partial charge in [-0.3, -0.25) is 0 Å². The summed E-state index contributed by atoms with van der Waals surface area (Å²) in [5, 5.41) is 14.6. The van der Waals surface area contributed by atoms with E-state index in [1.54, 1.807) is 0 Å². The van der Waals surface area contributed by atoms with Crippen molar-refractivity contribution >= 4 is 43.6 Å². The van der Waals surface area contributed by atoms with Gasteiger partial charge in [-0.2, -0.15) is 5.26 Å². The monoisotopic (exact) mass is 433 g/mol. The third-order valence-electron chi connectivity index (χ3n) is 6.75. The molecule has 0 aliphatic rings. The molecule has 0 radical (unpaired) electrons. The number of fused-ring (bicyclic) bond motifs is 6. The maximum absolute atomic E-state index is 9.79. The van der Waals surface area contributed by atoms with E-state index in [4.69, 9.17) is 0 Å². The van der Waals surface area contributed by atoms with Crippen molar-refractivity contribution in [3.05, 3.63) is 121 Å². The summed E-state index contributed by atoms with van der Waals surface area (Å²) in [5.41, 5.74) is 7.22. The highest BCUT2D eigenvalue weighted by atomic mass is 15.1. The Morgan fingerprint density at radius 3 is 1.24 bits per heavy atom. The maximum Gasteiger partial charge on any atom is 0.0992 e. The van der Waals surface area contributed by atoms with Crippen LogP contribution in [0.1, 0.15) is 5.56 Å². The summed E-state index contributed by atoms with van der Waals surface area (Å²) in [6, 6.07) is 42.4. The second-order valence-corrected chi connectivity index (χ2v) is 8.55. The summed E-state index contributed by atoms with van der Waals surface area (Å²) in [4.78, 5) is 0. The van der Waals surface area contributed by atoms with Crippen LogP contribution in [0.5, 0.6) is 0 Å². The van der Waals surface area contributed by atoms with Gasteiger partial charge in [0.25, 0.3) is 0 Å². The Labute approximate surface area is 196 Å². The number of nitrogens with zero attached hydrogens (tertiary/aromatic N) is 3. The zero-order chi connectivity index (χ0) is 22.6. The van der Waals surface area contributed by atoms with Crippen LogP contribution >= 0.6 is 0 Å². The minimum absolute atomic E-state index is 0.640. The Balaban J connectivity index is 1.68. The van der Waals surface area contributed by atoms with E-state index < -0.39 is 0 Å². The van der Waals surface area contributed by atoms with Crippen LogP contribution in [0.4, 0.5) is 0 Å². The molecule has 3 heteroatoms. The molecule has 0 spiro atoms. The van der Waals surface area contributed by atoms with E-state index >= 15 is 0 Å². The van der Waals surface area contributed by atoms with Crippen molar-refractivity contribution in [2.24, 2.45) is 0 Å². The fourth-order valence-electron chi connectivity index (χ4n) is 5.33. The van der Waals surface area contributed by atoms with Gasteiger partial charge >= 0.3 is 0 Å². The second-order valence-electron chi connectivity index (χ2n) is 8.55. The second kappa shape index (κ2) is 7.10. The lowest BCUT2D eigenvalue weighted by Gasteiger charge is -2.17. The lowest BCUT2D eigenvalue weighted by Crippen LogP contribution is -2.04. The molecule has 5 aromatic carbocycles. The zero-order valence-corrected chi connectivity index (χ0v) is 18.3. The quantitative estimate of drug-likeness (QED) is 0.274. The highest BCUT2D eigenvalue weighted by molar-refractivity contribution is 6.11. The maximum atomic E-state index is 9.79. The summed E-state index contributed by atoms with van der Waals surface area (Å²) < 4.78 is 4.62. The van der Waals surface area contributed by atoms with Crippen LogP contribution in [0.15, 0.2) is 115 Å². The van der Waals surface area contributed by atoms with Gasteiger partial charge in [0.05, 0.1) is 45.1 Å². The molecule has 7 aromatic rings. The first-order valence-electron chi connectivity index (χ1n) is 11.4. The molecule has 0 amide bonds. The summed E-state index contributed by atoms with van der Waals surface area (Å²) in [6.45, 7) is 0. The van der Waals surface area contributed by atoms with Crippen LogP contribution in [0.3, 0.4) is 0 Å². The number of hydrogen-bond acceptors (Lipinski definition) is 1. The minimum Gasteiger partial charge on any atom is -0.307 e. The standard InChI is InChI=1S/C31H19N3/c32-20-21-17-18-30(33-26-13-5-1-9-22(26)23-10-2-6-14-27(23)33)31(19-21)34-28-15-7-3-11-24(28)25-12-4-8-16-29(25)34/h1-19H. The average Bonchev–Trinajstić information content (AvgIpc) is 3.41. The lowest BCUT2D eigenvalue weighted by atomic mass is 10.1. The van der Waals surface area contributed by atoms with Gasteiger partial charge in [0, 0.05) is 21.5 Å². The number of nitriles is 1. The van der Waals surface area contributed by atoms with Crippen molar-refractivity contribution in [3.63, 3.8) is 0 Å². The van der Waals surface area contributed by atoms with Crippen LogP contribution in [-0.2, 0) is 0 Å². The van der Waals surface area contributed by atoms with Crippen molar-refractivity contribution in [2.45, 2.75) is 0 Å². The molecule has 0 atom stereocenters. The SMILES string of the molecule is N#Cc1ccc(-n2c3ccccc3c3ccccc32)c(-n2c3ccccc3c3ccccc32)c1. The molecule has 0 saturated carbocycles. The van der Waals surface area contributed by atoms with E-state index in [9.17, 15) is 5.26 Å². The first-order valence-corrected chi connectivity index (χ1v) is 11.4. The Morgan fingerprint density at radius 2 is 0.824 bits per heavy atom. The number of para-hydroxylation sites is 4. The molecule has 0 bridgehead atoms. The van der Waals surface area contributed by atoms with Crippen molar-refractivity contribution in [3.8, 4) is 17.4 Å². The molecule has 0 aliphatic carbocycles. The Morgan fingerprint density at radius 1 is 0.441 bits per heavy atom. The fourth-order valence-corrected chi connectivity index (χ4v) is 5.33. The normalized spacial score (nSPS) is 11.5. The zero-order valence-electron chi connectivity index (χ0n) is 18.3. The largest absolute Gasteiger partial charge is 0.307 e. The van der Waals surface area contributed by atoms with E-state index in [1.165, 1.54) is 21.5 Å². The molecule has 0 N–H and O–H groups in total. The van der Waals surface area contributed by atoms with Crippen LogP contribution in [0, 0.1) is 11.3 Å². The van der Waals surface area contributed by atoms with E-state index in [-0.39, 0.29) is 0 Å². The molecular weight excluding hydrogens is 414 g/mol. The first-order chi connectivity index (χ1) is 16.8. The summed E-state index contributed by atoms with van der Waals surface area (Å²) in [7, 11) is 0. The van der Waals surface area contributed by atoms with Gasteiger partial charge in [0.15, 0.2) is 0 Å². The smallest absolute Gasteiger partial charge is 0.0992 e. The van der Waals surface area contributed by atoms with Gasteiger partial charge in [-0.1, -0.05) is 72.8 Å². The van der Waals surface area contributed by atoms with Crippen LogP contribution in [0.2, 0.25) is 0 Å². The van der Waals surface area contributed by atoms with E-state index in [2.05, 4.69) is 118 Å². The molecule has 158 valence electrons. The highest BCUT2D eigenvalue weighted by Gasteiger charge is 2.19. The van der Waals surface area contributed by atoms with Crippen LogP contribution < -0.4 is 0 Å². The van der Waals surface area contributed by atoms with Crippen molar-refractivity contribution < 1.29 is 0 Å². The number of rotatable bonds is 2. The fraction of sp³-hybridized carbons (Fsp3) is 0. The Hall–Kier alpha value is -4.81. The molecule has 2 heterocycles. The lowest BCUT2D eigenvalue weighted by molar-refractivity contribution is 1.09. The van der Waals surface area contributed by atoms with Gasteiger partial charge in [0.2, 0.25) is 0 Å². The average molecular weight is 434 g/mol. The van der Waals surface area contributed by atoms with Crippen LogP contribution in [-0.4, -0.2) is 9.13 Å². The van der Waals surface area contributed by atoms with Gasteiger partial charge < -0.3 is 9.13 Å². The van der Waals surface area contributed by atoms with Crippen molar-refractivity contribution in [2.75, 3.05) is 0 Å².